The molecule has 5 atom stereocenters. The van der Waals surface area contributed by atoms with E-state index in [1.165, 1.54) is 6.42 Å². The van der Waals surface area contributed by atoms with Crippen molar-refractivity contribution >= 4 is 17.8 Å². The molecule has 21 heavy (non-hydrogen) atoms. The van der Waals surface area contributed by atoms with Gasteiger partial charge >= 0.3 is 5.97 Å². The van der Waals surface area contributed by atoms with Gasteiger partial charge in [0.15, 0.2) is 0 Å². The number of fused-ring (bicyclic) bond motifs is 2. The summed E-state index contributed by atoms with van der Waals surface area (Å²) in [6, 6.07) is -1.11. The molecule has 7 nitrogen and oxygen atoms in total. The first-order valence-corrected chi connectivity index (χ1v) is 7.45. The van der Waals surface area contributed by atoms with Crippen molar-refractivity contribution in [3.63, 3.8) is 0 Å². The number of rotatable bonds is 6. The Bertz CT molecular complexity index is 440. The van der Waals surface area contributed by atoms with Crippen molar-refractivity contribution in [2.45, 2.75) is 51.2 Å². The quantitative estimate of drug-likeness (QED) is 0.506. The van der Waals surface area contributed by atoms with Crippen molar-refractivity contribution < 1.29 is 19.5 Å². The van der Waals surface area contributed by atoms with Gasteiger partial charge in [-0.1, -0.05) is 6.42 Å². The summed E-state index contributed by atoms with van der Waals surface area (Å²) < 4.78 is 0. The van der Waals surface area contributed by atoms with E-state index in [1.54, 1.807) is 6.92 Å². The van der Waals surface area contributed by atoms with Crippen molar-refractivity contribution in [2.24, 2.45) is 23.5 Å². The minimum atomic E-state index is -1.13. The maximum Gasteiger partial charge on any atom is 0.305 e. The molecule has 0 aromatic rings. The predicted octanol–water partition coefficient (Wildman–Crippen LogP) is -0.197. The number of carbonyl (C=O) groups excluding carboxylic acids is 2. The summed E-state index contributed by atoms with van der Waals surface area (Å²) in [5, 5.41) is 13.9. The Labute approximate surface area is 123 Å². The van der Waals surface area contributed by atoms with E-state index in [2.05, 4.69) is 10.6 Å². The highest BCUT2D eigenvalue weighted by Gasteiger charge is 2.43. The van der Waals surface area contributed by atoms with E-state index in [9.17, 15) is 14.4 Å². The summed E-state index contributed by atoms with van der Waals surface area (Å²) >= 11 is 0. The summed E-state index contributed by atoms with van der Waals surface area (Å²) in [5.74, 6) is -0.515. The van der Waals surface area contributed by atoms with Gasteiger partial charge in [0.05, 0.1) is 18.6 Å². The van der Waals surface area contributed by atoms with Crippen LogP contribution in [0.25, 0.3) is 0 Å². The Hall–Kier alpha value is -1.63. The summed E-state index contributed by atoms with van der Waals surface area (Å²) in [6.45, 7) is 1.65. The minimum Gasteiger partial charge on any atom is -0.481 e. The molecule has 2 saturated carbocycles. The van der Waals surface area contributed by atoms with Crippen molar-refractivity contribution in [2.75, 3.05) is 0 Å². The van der Waals surface area contributed by atoms with Crippen LogP contribution in [0.5, 0.6) is 0 Å². The van der Waals surface area contributed by atoms with Crippen molar-refractivity contribution in [3.05, 3.63) is 0 Å². The Morgan fingerprint density at radius 3 is 2.48 bits per heavy atom. The van der Waals surface area contributed by atoms with E-state index in [0.29, 0.717) is 11.8 Å². The van der Waals surface area contributed by atoms with E-state index in [0.717, 1.165) is 19.3 Å². The largest absolute Gasteiger partial charge is 0.481 e. The van der Waals surface area contributed by atoms with E-state index < -0.39 is 30.5 Å². The van der Waals surface area contributed by atoms with Gasteiger partial charge in [-0.25, -0.2) is 0 Å². The molecule has 0 aliphatic heterocycles. The van der Waals surface area contributed by atoms with Gasteiger partial charge in [0.2, 0.25) is 11.8 Å². The lowest BCUT2D eigenvalue weighted by Crippen LogP contribution is -2.53. The molecule has 0 saturated heterocycles. The maximum absolute atomic E-state index is 12.2. The lowest BCUT2D eigenvalue weighted by molar-refractivity contribution is -0.139. The van der Waals surface area contributed by atoms with Crippen LogP contribution in [-0.4, -0.2) is 35.1 Å². The van der Waals surface area contributed by atoms with Crippen LogP contribution in [-0.2, 0) is 14.4 Å². The van der Waals surface area contributed by atoms with Gasteiger partial charge in [0.1, 0.15) is 0 Å². The highest BCUT2D eigenvalue weighted by atomic mass is 16.4. The fourth-order valence-corrected chi connectivity index (χ4v) is 3.52. The number of hydrogen-bond acceptors (Lipinski definition) is 4. The Morgan fingerprint density at radius 2 is 1.95 bits per heavy atom. The normalized spacial score (nSPS) is 29.7. The van der Waals surface area contributed by atoms with Crippen LogP contribution >= 0.6 is 0 Å². The van der Waals surface area contributed by atoms with Crippen molar-refractivity contribution in [1.82, 2.24) is 10.6 Å². The molecule has 2 aliphatic rings. The van der Waals surface area contributed by atoms with Gasteiger partial charge in [-0.15, -0.1) is 0 Å². The second kappa shape index (κ2) is 6.43. The third kappa shape index (κ3) is 3.93. The topological polar surface area (TPSA) is 122 Å². The molecule has 2 rings (SSSR count). The van der Waals surface area contributed by atoms with Gasteiger partial charge in [0.25, 0.3) is 0 Å². The zero-order chi connectivity index (χ0) is 15.6. The van der Waals surface area contributed by atoms with E-state index in [1.807, 2.05) is 0 Å². The van der Waals surface area contributed by atoms with Crippen molar-refractivity contribution in [3.8, 4) is 0 Å². The number of hydrogen-bond donors (Lipinski definition) is 4. The molecule has 0 heterocycles. The van der Waals surface area contributed by atoms with Gasteiger partial charge in [-0.3, -0.25) is 14.4 Å². The van der Waals surface area contributed by atoms with Gasteiger partial charge in [-0.05, 0) is 38.0 Å². The maximum atomic E-state index is 12.2. The molecule has 0 aromatic carbocycles. The molecule has 5 N–H and O–H groups in total. The zero-order valence-electron chi connectivity index (χ0n) is 12.2. The second-order valence-corrected chi connectivity index (χ2v) is 6.22. The van der Waals surface area contributed by atoms with Crippen LogP contribution in [0.4, 0.5) is 0 Å². The number of nitrogens with one attached hydrogen (secondary N) is 2. The predicted molar refractivity (Wildman–Crippen MR) is 74.9 cm³/mol. The fraction of sp³-hybridized carbons (Fsp3) is 0.786. The highest BCUT2D eigenvalue weighted by Crippen LogP contribution is 2.48. The summed E-state index contributed by atoms with van der Waals surface area (Å²) in [7, 11) is 0. The molecule has 7 heteroatoms. The number of aliphatic carboxylic acids is 1. The van der Waals surface area contributed by atoms with Crippen LogP contribution in [0.2, 0.25) is 0 Å². The number of amides is 2. The molecule has 0 aromatic heterocycles. The summed E-state index contributed by atoms with van der Waals surface area (Å²) in [6.07, 6.45) is 3.44. The molecule has 118 valence electrons. The number of carboxylic acids is 1. The first-order valence-electron chi connectivity index (χ1n) is 7.45. The second-order valence-electron chi connectivity index (χ2n) is 6.22. The number of carboxylic acid groups (broad SMARTS) is 1. The Balaban J connectivity index is 1.76. The SMILES string of the molecule is CC(NC(=O)C(N)CC(=O)O)NC(=O)C1CC2CCC1C2. The van der Waals surface area contributed by atoms with E-state index >= 15 is 0 Å². The summed E-state index contributed by atoms with van der Waals surface area (Å²) in [5.41, 5.74) is 5.46. The average Bonchev–Trinajstić information content (AvgIpc) is 2.99. The van der Waals surface area contributed by atoms with E-state index in [4.69, 9.17) is 10.8 Å². The lowest BCUT2D eigenvalue weighted by atomic mass is 9.88. The molecule has 2 fully saturated rings. The number of nitrogens with two attached hydrogens (primary N) is 1. The van der Waals surface area contributed by atoms with Crippen molar-refractivity contribution in [1.29, 1.82) is 0 Å². The lowest BCUT2D eigenvalue weighted by Gasteiger charge is -2.24. The zero-order valence-corrected chi connectivity index (χ0v) is 12.2. The molecular formula is C14H23N3O4. The smallest absolute Gasteiger partial charge is 0.305 e. The minimum absolute atomic E-state index is 0.0261. The molecule has 2 bridgehead atoms. The third-order valence-corrected chi connectivity index (χ3v) is 4.52. The van der Waals surface area contributed by atoms with Crippen LogP contribution in [0.1, 0.15) is 39.0 Å². The van der Waals surface area contributed by atoms with Crippen LogP contribution in [0.15, 0.2) is 0 Å². The Kier molecular flexibility index (Phi) is 4.82. The standard InChI is InChI=1S/C14H23N3O4/c1-7(17-14(21)11(15)6-12(18)19)16-13(20)10-5-8-2-3-9(10)4-8/h7-11H,2-6,15H2,1H3,(H,16,20)(H,17,21)(H,18,19). The molecular weight excluding hydrogens is 274 g/mol. The first-order chi connectivity index (χ1) is 9.86. The molecule has 2 aliphatic carbocycles. The fourth-order valence-electron chi connectivity index (χ4n) is 3.52. The van der Waals surface area contributed by atoms with Crippen LogP contribution in [0, 0.1) is 17.8 Å². The molecule has 5 unspecified atom stereocenters. The van der Waals surface area contributed by atoms with Gasteiger partial charge < -0.3 is 21.5 Å². The van der Waals surface area contributed by atoms with E-state index in [-0.39, 0.29) is 11.8 Å². The molecule has 2 amide bonds. The van der Waals surface area contributed by atoms with Gasteiger partial charge in [0, 0.05) is 5.92 Å². The van der Waals surface area contributed by atoms with Crippen LogP contribution in [0.3, 0.4) is 0 Å². The van der Waals surface area contributed by atoms with Crippen LogP contribution < -0.4 is 16.4 Å². The third-order valence-electron chi connectivity index (χ3n) is 4.52. The molecule has 0 radical (unpaired) electrons. The molecule has 0 spiro atoms. The van der Waals surface area contributed by atoms with Gasteiger partial charge in [-0.2, -0.15) is 0 Å². The first kappa shape index (κ1) is 15.8. The highest BCUT2D eigenvalue weighted by molar-refractivity contribution is 5.86. The summed E-state index contributed by atoms with van der Waals surface area (Å²) in [4.78, 5) is 34.4. The Morgan fingerprint density at radius 1 is 1.24 bits per heavy atom. The number of carbonyl (C=O) groups is 3. The average molecular weight is 297 g/mol. The monoisotopic (exact) mass is 297 g/mol.